The van der Waals surface area contributed by atoms with Crippen LogP contribution in [-0.4, -0.2) is 17.2 Å². The second-order valence-electron chi connectivity index (χ2n) is 3.43. The first-order valence-corrected chi connectivity index (χ1v) is 5.20. The number of aromatic hydroxyl groups is 1. The number of phenolic OH excluding ortho intramolecular Hbond substituents is 1. The molecule has 2 aromatic rings. The third kappa shape index (κ3) is 2.87. The molecule has 0 unspecified atom stereocenters. The largest absolute Gasteiger partial charge is 0.504 e. The SMILES string of the molecule is COc1cccc(COc2ccccc2O)n1. The van der Waals surface area contributed by atoms with E-state index in [1.165, 1.54) is 0 Å². The van der Waals surface area contributed by atoms with Crippen LogP contribution in [0.5, 0.6) is 17.4 Å². The number of benzene rings is 1. The number of pyridine rings is 1. The van der Waals surface area contributed by atoms with E-state index in [1.54, 1.807) is 37.4 Å². The van der Waals surface area contributed by atoms with E-state index in [0.29, 0.717) is 11.6 Å². The molecule has 0 aliphatic rings. The van der Waals surface area contributed by atoms with Crippen molar-refractivity contribution in [2.45, 2.75) is 6.61 Å². The van der Waals surface area contributed by atoms with Gasteiger partial charge in [0, 0.05) is 6.07 Å². The van der Waals surface area contributed by atoms with Gasteiger partial charge in [-0.1, -0.05) is 18.2 Å². The molecule has 2 rings (SSSR count). The van der Waals surface area contributed by atoms with Gasteiger partial charge in [0.1, 0.15) is 6.61 Å². The molecule has 0 bridgehead atoms. The van der Waals surface area contributed by atoms with Gasteiger partial charge < -0.3 is 14.6 Å². The summed E-state index contributed by atoms with van der Waals surface area (Å²) in [6.45, 7) is 0.286. The van der Waals surface area contributed by atoms with Gasteiger partial charge in [0.25, 0.3) is 0 Å². The van der Waals surface area contributed by atoms with E-state index in [1.807, 2.05) is 12.1 Å². The van der Waals surface area contributed by atoms with Crippen molar-refractivity contribution < 1.29 is 14.6 Å². The standard InChI is InChI=1S/C13H13NO3/c1-16-13-8-4-5-10(14-13)9-17-12-7-3-2-6-11(12)15/h2-8,15H,9H2,1H3. The van der Waals surface area contributed by atoms with E-state index in [-0.39, 0.29) is 12.4 Å². The molecule has 0 radical (unpaired) electrons. The van der Waals surface area contributed by atoms with Crippen molar-refractivity contribution in [3.05, 3.63) is 48.2 Å². The van der Waals surface area contributed by atoms with Crippen LogP contribution in [0.15, 0.2) is 42.5 Å². The predicted octanol–water partition coefficient (Wildman–Crippen LogP) is 2.37. The van der Waals surface area contributed by atoms with Gasteiger partial charge in [-0.25, -0.2) is 4.98 Å². The lowest BCUT2D eigenvalue weighted by Crippen LogP contribution is -1.99. The molecule has 1 heterocycles. The molecule has 4 nitrogen and oxygen atoms in total. The summed E-state index contributed by atoms with van der Waals surface area (Å²) in [6, 6.07) is 12.3. The highest BCUT2D eigenvalue weighted by Gasteiger charge is 2.02. The van der Waals surface area contributed by atoms with Gasteiger partial charge in [0.2, 0.25) is 5.88 Å². The van der Waals surface area contributed by atoms with Gasteiger partial charge in [0.15, 0.2) is 11.5 Å². The first kappa shape index (κ1) is 11.3. The lowest BCUT2D eigenvalue weighted by molar-refractivity contribution is 0.282. The minimum absolute atomic E-state index is 0.121. The molecule has 1 N–H and O–H groups in total. The number of hydrogen-bond donors (Lipinski definition) is 1. The molecule has 0 amide bonds. The molecule has 0 spiro atoms. The van der Waals surface area contributed by atoms with Crippen LogP contribution in [0.4, 0.5) is 0 Å². The fourth-order valence-electron chi connectivity index (χ4n) is 1.38. The summed E-state index contributed by atoms with van der Waals surface area (Å²) >= 11 is 0. The number of ether oxygens (including phenoxy) is 2. The van der Waals surface area contributed by atoms with Crippen LogP contribution in [0, 0.1) is 0 Å². The number of aromatic nitrogens is 1. The summed E-state index contributed by atoms with van der Waals surface area (Å²) in [4.78, 5) is 4.21. The van der Waals surface area contributed by atoms with E-state index in [0.717, 1.165) is 5.69 Å². The Bertz CT molecular complexity index is 500. The smallest absolute Gasteiger partial charge is 0.213 e. The highest BCUT2D eigenvalue weighted by molar-refractivity contribution is 5.38. The summed E-state index contributed by atoms with van der Waals surface area (Å²) in [7, 11) is 1.57. The summed E-state index contributed by atoms with van der Waals surface area (Å²) in [5.41, 5.74) is 0.743. The second-order valence-corrected chi connectivity index (χ2v) is 3.43. The lowest BCUT2D eigenvalue weighted by Gasteiger charge is -2.07. The van der Waals surface area contributed by atoms with Crippen molar-refractivity contribution in [2.75, 3.05) is 7.11 Å². The Morgan fingerprint density at radius 3 is 2.71 bits per heavy atom. The fourth-order valence-corrected chi connectivity index (χ4v) is 1.38. The van der Waals surface area contributed by atoms with Crippen molar-refractivity contribution in [3.63, 3.8) is 0 Å². The third-order valence-electron chi connectivity index (χ3n) is 2.23. The van der Waals surface area contributed by atoms with Crippen LogP contribution in [0.25, 0.3) is 0 Å². The third-order valence-corrected chi connectivity index (χ3v) is 2.23. The maximum Gasteiger partial charge on any atom is 0.213 e. The topological polar surface area (TPSA) is 51.6 Å². The molecule has 1 aromatic carbocycles. The Morgan fingerprint density at radius 2 is 1.94 bits per heavy atom. The van der Waals surface area contributed by atoms with Crippen molar-refractivity contribution in [2.24, 2.45) is 0 Å². The molecule has 1 aromatic heterocycles. The molecule has 4 heteroatoms. The Labute approximate surface area is 99.5 Å². The quantitative estimate of drug-likeness (QED) is 0.877. The number of methoxy groups -OCH3 is 1. The van der Waals surface area contributed by atoms with Gasteiger partial charge in [-0.2, -0.15) is 0 Å². The first-order chi connectivity index (χ1) is 8.29. The maximum absolute atomic E-state index is 9.52. The first-order valence-electron chi connectivity index (χ1n) is 5.20. The molecule has 0 saturated heterocycles. The molecule has 0 aliphatic heterocycles. The van der Waals surface area contributed by atoms with Crippen LogP contribution in [0.1, 0.15) is 5.69 Å². The molecule has 0 saturated carbocycles. The minimum Gasteiger partial charge on any atom is -0.504 e. The van der Waals surface area contributed by atoms with E-state index in [4.69, 9.17) is 9.47 Å². The van der Waals surface area contributed by atoms with Crippen molar-refractivity contribution in [3.8, 4) is 17.4 Å². The van der Waals surface area contributed by atoms with E-state index < -0.39 is 0 Å². The number of phenols is 1. The predicted molar refractivity (Wildman–Crippen MR) is 63.2 cm³/mol. The van der Waals surface area contributed by atoms with Crippen LogP contribution in [-0.2, 0) is 6.61 Å². The highest BCUT2D eigenvalue weighted by Crippen LogP contribution is 2.25. The number of nitrogens with zero attached hydrogens (tertiary/aromatic N) is 1. The summed E-state index contributed by atoms with van der Waals surface area (Å²) in [5.74, 6) is 1.11. The van der Waals surface area contributed by atoms with E-state index in [9.17, 15) is 5.11 Å². The Morgan fingerprint density at radius 1 is 1.12 bits per heavy atom. The molecule has 17 heavy (non-hydrogen) atoms. The van der Waals surface area contributed by atoms with Crippen molar-refractivity contribution in [1.29, 1.82) is 0 Å². The zero-order valence-electron chi connectivity index (χ0n) is 9.46. The van der Waals surface area contributed by atoms with Crippen LogP contribution < -0.4 is 9.47 Å². The lowest BCUT2D eigenvalue weighted by atomic mass is 10.3. The zero-order valence-corrected chi connectivity index (χ0v) is 9.46. The van der Waals surface area contributed by atoms with Gasteiger partial charge in [-0.15, -0.1) is 0 Å². The summed E-state index contributed by atoms with van der Waals surface area (Å²) < 4.78 is 10.5. The van der Waals surface area contributed by atoms with Crippen LogP contribution in [0.3, 0.4) is 0 Å². The fraction of sp³-hybridized carbons (Fsp3) is 0.154. The van der Waals surface area contributed by atoms with Gasteiger partial charge in [-0.3, -0.25) is 0 Å². The monoisotopic (exact) mass is 231 g/mol. The molecule has 88 valence electrons. The minimum atomic E-state index is 0.121. The van der Waals surface area contributed by atoms with Gasteiger partial charge in [0.05, 0.1) is 12.8 Å². The average Bonchev–Trinajstić information content (AvgIpc) is 2.38. The van der Waals surface area contributed by atoms with Crippen molar-refractivity contribution >= 4 is 0 Å². The Hall–Kier alpha value is -2.23. The zero-order chi connectivity index (χ0) is 12.1. The van der Waals surface area contributed by atoms with Crippen LogP contribution >= 0.6 is 0 Å². The van der Waals surface area contributed by atoms with E-state index >= 15 is 0 Å². The van der Waals surface area contributed by atoms with E-state index in [2.05, 4.69) is 4.98 Å². The van der Waals surface area contributed by atoms with Gasteiger partial charge in [-0.05, 0) is 18.2 Å². The highest BCUT2D eigenvalue weighted by atomic mass is 16.5. The number of para-hydroxylation sites is 2. The Balaban J connectivity index is 2.05. The van der Waals surface area contributed by atoms with Gasteiger partial charge >= 0.3 is 0 Å². The molecular weight excluding hydrogens is 218 g/mol. The van der Waals surface area contributed by atoms with Crippen LogP contribution in [0.2, 0.25) is 0 Å². The van der Waals surface area contributed by atoms with Crippen molar-refractivity contribution in [1.82, 2.24) is 4.98 Å². The maximum atomic E-state index is 9.52. The molecule has 0 atom stereocenters. The summed E-state index contributed by atoms with van der Waals surface area (Å²) in [5, 5.41) is 9.52. The average molecular weight is 231 g/mol. The second kappa shape index (κ2) is 5.21. The molecule has 0 aliphatic carbocycles. The summed E-state index contributed by atoms with van der Waals surface area (Å²) in [6.07, 6.45) is 0. The number of rotatable bonds is 4. The number of hydrogen-bond acceptors (Lipinski definition) is 4. The molecule has 0 fully saturated rings. The molecular formula is C13H13NO3. The normalized spacial score (nSPS) is 9.94. The Kier molecular flexibility index (Phi) is 3.45.